The van der Waals surface area contributed by atoms with Gasteiger partial charge in [0.1, 0.15) is 5.76 Å². The first-order valence-electron chi connectivity index (χ1n) is 5.21. The maximum Gasteiger partial charge on any atom is 0.273 e. The Morgan fingerprint density at radius 2 is 2.44 bits per heavy atom. The topological polar surface area (TPSA) is 72.2 Å². The SMILES string of the molecule is C[S@](=O)CCNC(=O)c1cc(C2CC2)on1. The van der Waals surface area contributed by atoms with Crippen LogP contribution in [-0.4, -0.2) is 33.8 Å². The third-order valence-electron chi connectivity index (χ3n) is 2.42. The van der Waals surface area contributed by atoms with E-state index in [1.54, 1.807) is 12.3 Å². The monoisotopic (exact) mass is 242 g/mol. The fourth-order valence-corrected chi connectivity index (χ4v) is 1.74. The largest absolute Gasteiger partial charge is 0.360 e. The second-order valence-electron chi connectivity index (χ2n) is 3.92. The van der Waals surface area contributed by atoms with Crippen molar-refractivity contribution in [1.82, 2.24) is 10.5 Å². The molecule has 0 aromatic carbocycles. The van der Waals surface area contributed by atoms with E-state index in [0.717, 1.165) is 18.6 Å². The molecule has 1 saturated carbocycles. The normalized spacial score (nSPS) is 17.1. The lowest BCUT2D eigenvalue weighted by atomic mass is 10.3. The van der Waals surface area contributed by atoms with Crippen LogP contribution in [0, 0.1) is 0 Å². The van der Waals surface area contributed by atoms with Gasteiger partial charge in [0.05, 0.1) is 0 Å². The fourth-order valence-electron chi connectivity index (χ4n) is 1.36. The maximum atomic E-state index is 11.5. The van der Waals surface area contributed by atoms with Crippen molar-refractivity contribution in [1.29, 1.82) is 0 Å². The molecule has 1 heterocycles. The Kier molecular flexibility index (Phi) is 3.38. The van der Waals surface area contributed by atoms with Crippen LogP contribution in [0.25, 0.3) is 0 Å². The molecule has 6 heteroatoms. The zero-order chi connectivity index (χ0) is 11.5. The number of rotatable bonds is 5. The van der Waals surface area contributed by atoms with Gasteiger partial charge < -0.3 is 9.84 Å². The van der Waals surface area contributed by atoms with Crippen molar-refractivity contribution >= 4 is 16.7 Å². The average Bonchev–Trinajstić information content (AvgIpc) is 2.96. The van der Waals surface area contributed by atoms with Gasteiger partial charge in [0.15, 0.2) is 5.69 Å². The third-order valence-corrected chi connectivity index (χ3v) is 3.19. The van der Waals surface area contributed by atoms with E-state index in [2.05, 4.69) is 10.5 Å². The predicted molar refractivity (Wildman–Crippen MR) is 59.7 cm³/mol. The molecule has 0 spiro atoms. The third kappa shape index (κ3) is 2.91. The van der Waals surface area contributed by atoms with Crippen molar-refractivity contribution in [3.05, 3.63) is 17.5 Å². The van der Waals surface area contributed by atoms with E-state index in [9.17, 15) is 9.00 Å². The van der Waals surface area contributed by atoms with Crippen LogP contribution in [0.3, 0.4) is 0 Å². The predicted octanol–water partition coefficient (Wildman–Crippen LogP) is 0.660. The molecule has 0 saturated heterocycles. The fraction of sp³-hybridized carbons (Fsp3) is 0.600. The van der Waals surface area contributed by atoms with Crippen molar-refractivity contribution in [2.45, 2.75) is 18.8 Å². The summed E-state index contributed by atoms with van der Waals surface area (Å²) in [5.41, 5.74) is 0.309. The summed E-state index contributed by atoms with van der Waals surface area (Å²) in [7, 11) is -0.889. The highest BCUT2D eigenvalue weighted by Crippen LogP contribution is 2.40. The minimum absolute atomic E-state index is 0.263. The Morgan fingerprint density at radius 3 is 3.06 bits per heavy atom. The van der Waals surface area contributed by atoms with E-state index in [1.807, 2.05) is 0 Å². The zero-order valence-corrected chi connectivity index (χ0v) is 9.88. The Balaban J connectivity index is 1.85. The highest BCUT2D eigenvalue weighted by Gasteiger charge is 2.28. The molecule has 1 aliphatic carbocycles. The number of nitrogens with one attached hydrogen (secondary N) is 1. The van der Waals surface area contributed by atoms with Gasteiger partial charge in [-0.1, -0.05) is 5.16 Å². The van der Waals surface area contributed by atoms with Gasteiger partial charge in [-0.05, 0) is 12.8 Å². The summed E-state index contributed by atoms with van der Waals surface area (Å²) in [5.74, 6) is 1.45. The molecule has 16 heavy (non-hydrogen) atoms. The molecule has 1 aliphatic rings. The van der Waals surface area contributed by atoms with E-state index >= 15 is 0 Å². The first-order chi connectivity index (χ1) is 7.66. The molecule has 1 amide bonds. The standard InChI is InChI=1S/C10H14N2O3S/c1-16(14)5-4-11-10(13)8-6-9(15-12-8)7-2-3-7/h6-7H,2-5H2,1H3,(H,11,13)/t16-/m0/s1. The van der Waals surface area contributed by atoms with Crippen LogP contribution in [-0.2, 0) is 10.8 Å². The maximum absolute atomic E-state index is 11.5. The Hall–Kier alpha value is -1.17. The van der Waals surface area contributed by atoms with Gasteiger partial charge in [0, 0.05) is 41.3 Å². The van der Waals surface area contributed by atoms with Crippen molar-refractivity contribution in [3.8, 4) is 0 Å². The Bertz CT molecular complexity index is 412. The van der Waals surface area contributed by atoms with E-state index in [4.69, 9.17) is 4.52 Å². The molecule has 5 nitrogen and oxygen atoms in total. The number of nitrogens with zero attached hydrogens (tertiary/aromatic N) is 1. The lowest BCUT2D eigenvalue weighted by Gasteiger charge is -1.99. The minimum Gasteiger partial charge on any atom is -0.360 e. The molecule has 1 aromatic heterocycles. The van der Waals surface area contributed by atoms with Crippen molar-refractivity contribution in [2.24, 2.45) is 0 Å². The van der Waals surface area contributed by atoms with Crippen LogP contribution in [0.4, 0.5) is 0 Å². The van der Waals surface area contributed by atoms with Crippen LogP contribution >= 0.6 is 0 Å². The summed E-state index contributed by atoms with van der Waals surface area (Å²) in [5, 5.41) is 6.36. The molecular formula is C10H14N2O3S. The number of hydrogen-bond donors (Lipinski definition) is 1. The number of carbonyl (C=O) groups is 1. The minimum atomic E-state index is -0.889. The van der Waals surface area contributed by atoms with E-state index in [1.165, 1.54) is 0 Å². The lowest BCUT2D eigenvalue weighted by molar-refractivity contribution is 0.0947. The molecule has 1 fully saturated rings. The van der Waals surface area contributed by atoms with Gasteiger partial charge in [-0.2, -0.15) is 0 Å². The Labute approximate surface area is 96.0 Å². The molecule has 1 atom stereocenters. The summed E-state index contributed by atoms with van der Waals surface area (Å²) in [6.45, 7) is 0.396. The van der Waals surface area contributed by atoms with Gasteiger partial charge in [0.25, 0.3) is 5.91 Å². The molecular weight excluding hydrogens is 228 g/mol. The second-order valence-corrected chi connectivity index (χ2v) is 5.48. The second kappa shape index (κ2) is 4.78. The molecule has 2 rings (SSSR count). The van der Waals surface area contributed by atoms with Gasteiger partial charge in [-0.15, -0.1) is 0 Å². The molecule has 0 unspecified atom stereocenters. The van der Waals surface area contributed by atoms with Crippen LogP contribution < -0.4 is 5.32 Å². The van der Waals surface area contributed by atoms with Crippen LogP contribution in [0.2, 0.25) is 0 Å². The molecule has 0 bridgehead atoms. The van der Waals surface area contributed by atoms with Gasteiger partial charge in [-0.3, -0.25) is 9.00 Å². The summed E-state index contributed by atoms with van der Waals surface area (Å²) >= 11 is 0. The highest BCUT2D eigenvalue weighted by molar-refractivity contribution is 7.84. The van der Waals surface area contributed by atoms with E-state index in [0.29, 0.717) is 23.9 Å². The zero-order valence-electron chi connectivity index (χ0n) is 9.06. The van der Waals surface area contributed by atoms with Crippen LogP contribution in [0.1, 0.15) is 35.0 Å². The quantitative estimate of drug-likeness (QED) is 0.823. The number of amides is 1. The van der Waals surface area contributed by atoms with Gasteiger partial charge in [0.2, 0.25) is 0 Å². The van der Waals surface area contributed by atoms with Crippen molar-refractivity contribution in [3.63, 3.8) is 0 Å². The van der Waals surface area contributed by atoms with Crippen molar-refractivity contribution < 1.29 is 13.5 Å². The molecule has 0 aliphatic heterocycles. The summed E-state index contributed by atoms with van der Waals surface area (Å²) < 4.78 is 15.9. The van der Waals surface area contributed by atoms with Crippen LogP contribution in [0.5, 0.6) is 0 Å². The summed E-state index contributed by atoms with van der Waals surface area (Å²) in [4.78, 5) is 11.5. The summed E-state index contributed by atoms with van der Waals surface area (Å²) in [6.07, 6.45) is 3.84. The molecule has 1 aromatic rings. The van der Waals surface area contributed by atoms with Crippen molar-refractivity contribution in [2.75, 3.05) is 18.6 Å². The van der Waals surface area contributed by atoms with E-state index < -0.39 is 10.8 Å². The number of carbonyl (C=O) groups excluding carboxylic acids is 1. The summed E-state index contributed by atoms with van der Waals surface area (Å²) in [6, 6.07) is 1.69. The van der Waals surface area contributed by atoms with Gasteiger partial charge in [-0.25, -0.2) is 0 Å². The molecule has 88 valence electrons. The number of aromatic nitrogens is 1. The van der Waals surface area contributed by atoms with Gasteiger partial charge >= 0.3 is 0 Å². The lowest BCUT2D eigenvalue weighted by Crippen LogP contribution is -2.27. The smallest absolute Gasteiger partial charge is 0.273 e. The number of hydrogen-bond acceptors (Lipinski definition) is 4. The van der Waals surface area contributed by atoms with Crippen LogP contribution in [0.15, 0.2) is 10.6 Å². The first kappa shape index (κ1) is 11.3. The Morgan fingerprint density at radius 1 is 1.69 bits per heavy atom. The highest BCUT2D eigenvalue weighted by atomic mass is 32.2. The molecule has 0 radical (unpaired) electrons. The van der Waals surface area contributed by atoms with E-state index in [-0.39, 0.29) is 5.91 Å². The average molecular weight is 242 g/mol. The molecule has 1 N–H and O–H groups in total. The first-order valence-corrected chi connectivity index (χ1v) is 6.94.